The Morgan fingerprint density at radius 3 is 2.55 bits per heavy atom. The number of benzene rings is 2. The first kappa shape index (κ1) is 14.7. The lowest BCUT2D eigenvalue weighted by molar-refractivity contribution is 0.626. The molecule has 2 aromatic carbocycles. The molecular formula is C16H18ClFN2. The lowest BCUT2D eigenvalue weighted by Crippen LogP contribution is -2.18. The van der Waals surface area contributed by atoms with Gasteiger partial charge in [-0.15, -0.1) is 0 Å². The van der Waals surface area contributed by atoms with Crippen LogP contribution in [0.1, 0.15) is 18.1 Å². The third-order valence-electron chi connectivity index (χ3n) is 3.20. The van der Waals surface area contributed by atoms with Crippen LogP contribution in [0.2, 0.25) is 5.02 Å². The number of nitrogens with one attached hydrogen (secondary N) is 1. The molecule has 20 heavy (non-hydrogen) atoms. The molecule has 4 heteroatoms. The van der Waals surface area contributed by atoms with Crippen LogP contribution in [0.3, 0.4) is 0 Å². The molecule has 0 aliphatic carbocycles. The summed E-state index contributed by atoms with van der Waals surface area (Å²) < 4.78 is 12.9. The van der Waals surface area contributed by atoms with E-state index in [2.05, 4.69) is 12.2 Å². The molecule has 0 fully saturated rings. The fourth-order valence-corrected chi connectivity index (χ4v) is 2.31. The standard InChI is InChI=1S/C16H18ClFN2/c1-10-7-15(19)14(17)9-16(10)20-11(2)8-12-3-5-13(18)6-4-12/h3-7,9,11,20H,8,19H2,1-2H3. The van der Waals surface area contributed by atoms with Crippen molar-refractivity contribution in [3.63, 3.8) is 0 Å². The van der Waals surface area contributed by atoms with E-state index in [9.17, 15) is 4.39 Å². The molecule has 0 heterocycles. The van der Waals surface area contributed by atoms with Gasteiger partial charge in [-0.05, 0) is 55.7 Å². The Bertz CT molecular complexity index is 596. The maximum Gasteiger partial charge on any atom is 0.123 e. The molecule has 3 N–H and O–H groups in total. The SMILES string of the molecule is Cc1cc(N)c(Cl)cc1NC(C)Cc1ccc(F)cc1. The van der Waals surface area contributed by atoms with Crippen molar-refractivity contribution < 1.29 is 4.39 Å². The molecule has 0 bridgehead atoms. The van der Waals surface area contributed by atoms with E-state index in [1.54, 1.807) is 12.1 Å². The van der Waals surface area contributed by atoms with Gasteiger partial charge in [0.2, 0.25) is 0 Å². The van der Waals surface area contributed by atoms with Crippen LogP contribution in [0.15, 0.2) is 36.4 Å². The molecule has 0 spiro atoms. The molecule has 0 saturated heterocycles. The van der Waals surface area contributed by atoms with Gasteiger partial charge in [-0.1, -0.05) is 23.7 Å². The zero-order chi connectivity index (χ0) is 14.7. The van der Waals surface area contributed by atoms with Crippen LogP contribution >= 0.6 is 11.6 Å². The van der Waals surface area contributed by atoms with Crippen LogP contribution < -0.4 is 11.1 Å². The number of aryl methyl sites for hydroxylation is 1. The number of anilines is 2. The minimum atomic E-state index is -0.212. The third kappa shape index (κ3) is 3.64. The molecule has 106 valence electrons. The van der Waals surface area contributed by atoms with E-state index in [1.807, 2.05) is 19.1 Å². The Kier molecular flexibility index (Phi) is 4.50. The average Bonchev–Trinajstić information content (AvgIpc) is 2.39. The highest BCUT2D eigenvalue weighted by Crippen LogP contribution is 2.27. The van der Waals surface area contributed by atoms with Crippen molar-refractivity contribution in [1.82, 2.24) is 0 Å². The van der Waals surface area contributed by atoms with Gasteiger partial charge in [0.05, 0.1) is 10.7 Å². The van der Waals surface area contributed by atoms with Gasteiger partial charge >= 0.3 is 0 Å². The van der Waals surface area contributed by atoms with Crippen molar-refractivity contribution in [2.45, 2.75) is 26.3 Å². The molecule has 0 aliphatic heterocycles. The molecule has 0 radical (unpaired) electrons. The van der Waals surface area contributed by atoms with Crippen molar-refractivity contribution in [3.8, 4) is 0 Å². The van der Waals surface area contributed by atoms with Crippen LogP contribution in [0.5, 0.6) is 0 Å². The van der Waals surface area contributed by atoms with E-state index < -0.39 is 0 Å². The topological polar surface area (TPSA) is 38.0 Å². The molecule has 1 atom stereocenters. The number of hydrogen-bond acceptors (Lipinski definition) is 2. The highest BCUT2D eigenvalue weighted by atomic mass is 35.5. The second-order valence-electron chi connectivity index (χ2n) is 5.06. The summed E-state index contributed by atoms with van der Waals surface area (Å²) in [5.74, 6) is -0.212. The summed E-state index contributed by atoms with van der Waals surface area (Å²) in [4.78, 5) is 0. The van der Waals surface area contributed by atoms with Gasteiger partial charge in [-0.3, -0.25) is 0 Å². The Morgan fingerprint density at radius 1 is 1.25 bits per heavy atom. The summed E-state index contributed by atoms with van der Waals surface area (Å²) in [6.45, 7) is 4.06. The van der Waals surface area contributed by atoms with Crippen molar-refractivity contribution in [1.29, 1.82) is 0 Å². The van der Waals surface area contributed by atoms with Crippen LogP contribution in [0, 0.1) is 12.7 Å². The first-order chi connectivity index (χ1) is 9.45. The van der Waals surface area contributed by atoms with E-state index in [1.165, 1.54) is 12.1 Å². The minimum absolute atomic E-state index is 0.207. The Morgan fingerprint density at radius 2 is 1.90 bits per heavy atom. The van der Waals surface area contributed by atoms with Gasteiger partial charge in [-0.25, -0.2) is 4.39 Å². The molecule has 0 amide bonds. The van der Waals surface area contributed by atoms with Crippen LogP contribution in [-0.2, 0) is 6.42 Å². The Labute approximate surface area is 123 Å². The van der Waals surface area contributed by atoms with Crippen molar-refractivity contribution in [2.24, 2.45) is 0 Å². The van der Waals surface area contributed by atoms with Crippen molar-refractivity contribution in [3.05, 3.63) is 58.4 Å². The lowest BCUT2D eigenvalue weighted by atomic mass is 10.1. The van der Waals surface area contributed by atoms with Gasteiger partial charge in [-0.2, -0.15) is 0 Å². The summed E-state index contributed by atoms with van der Waals surface area (Å²) >= 11 is 6.04. The summed E-state index contributed by atoms with van der Waals surface area (Å²) in [5, 5.41) is 3.96. The highest BCUT2D eigenvalue weighted by Gasteiger charge is 2.08. The van der Waals surface area contributed by atoms with Crippen molar-refractivity contribution in [2.75, 3.05) is 11.1 Å². The molecular weight excluding hydrogens is 275 g/mol. The molecule has 1 unspecified atom stereocenters. The minimum Gasteiger partial charge on any atom is -0.398 e. The van der Waals surface area contributed by atoms with E-state index in [-0.39, 0.29) is 11.9 Å². The predicted octanol–water partition coefficient (Wildman–Crippen LogP) is 4.41. The summed E-state index contributed by atoms with van der Waals surface area (Å²) in [6, 6.07) is 10.5. The van der Waals surface area contributed by atoms with E-state index in [0.717, 1.165) is 23.2 Å². The normalized spacial score (nSPS) is 12.2. The van der Waals surface area contributed by atoms with E-state index >= 15 is 0 Å². The number of halogens is 2. The van der Waals surface area contributed by atoms with Gasteiger partial charge in [0.25, 0.3) is 0 Å². The monoisotopic (exact) mass is 292 g/mol. The van der Waals surface area contributed by atoms with E-state index in [0.29, 0.717) is 10.7 Å². The molecule has 2 rings (SSSR count). The maximum atomic E-state index is 12.9. The largest absolute Gasteiger partial charge is 0.398 e. The second-order valence-corrected chi connectivity index (χ2v) is 5.47. The first-order valence-electron chi connectivity index (χ1n) is 6.52. The summed E-state index contributed by atoms with van der Waals surface area (Å²) in [6.07, 6.45) is 0.807. The van der Waals surface area contributed by atoms with Gasteiger partial charge < -0.3 is 11.1 Å². The van der Waals surface area contributed by atoms with E-state index in [4.69, 9.17) is 17.3 Å². The van der Waals surface area contributed by atoms with Crippen LogP contribution in [0.25, 0.3) is 0 Å². The number of nitrogen functional groups attached to an aromatic ring is 1. The van der Waals surface area contributed by atoms with Gasteiger partial charge in [0.15, 0.2) is 0 Å². The average molecular weight is 293 g/mol. The fourth-order valence-electron chi connectivity index (χ4n) is 2.15. The highest BCUT2D eigenvalue weighted by molar-refractivity contribution is 6.33. The first-order valence-corrected chi connectivity index (χ1v) is 6.90. The Balaban J connectivity index is 2.06. The Hall–Kier alpha value is -1.74. The zero-order valence-corrected chi connectivity index (χ0v) is 12.3. The van der Waals surface area contributed by atoms with Gasteiger partial charge in [0, 0.05) is 11.7 Å². The smallest absolute Gasteiger partial charge is 0.123 e. The number of nitrogens with two attached hydrogens (primary N) is 1. The zero-order valence-electron chi connectivity index (χ0n) is 11.6. The fraction of sp³-hybridized carbons (Fsp3) is 0.250. The maximum absolute atomic E-state index is 12.9. The van der Waals surface area contributed by atoms with Crippen LogP contribution in [-0.4, -0.2) is 6.04 Å². The molecule has 0 aliphatic rings. The molecule has 2 nitrogen and oxygen atoms in total. The third-order valence-corrected chi connectivity index (χ3v) is 3.53. The number of hydrogen-bond donors (Lipinski definition) is 2. The quantitative estimate of drug-likeness (QED) is 0.819. The van der Waals surface area contributed by atoms with Crippen molar-refractivity contribution >= 4 is 23.0 Å². The van der Waals surface area contributed by atoms with Crippen LogP contribution in [0.4, 0.5) is 15.8 Å². The van der Waals surface area contributed by atoms with Gasteiger partial charge in [0.1, 0.15) is 5.82 Å². The second kappa shape index (κ2) is 6.14. The predicted molar refractivity (Wildman–Crippen MR) is 83.8 cm³/mol. The molecule has 2 aromatic rings. The summed E-state index contributed by atoms with van der Waals surface area (Å²) in [5.41, 5.74) is 9.46. The summed E-state index contributed by atoms with van der Waals surface area (Å²) in [7, 11) is 0. The lowest BCUT2D eigenvalue weighted by Gasteiger charge is -2.18. The number of rotatable bonds is 4. The molecule has 0 aromatic heterocycles. The molecule has 0 saturated carbocycles.